The van der Waals surface area contributed by atoms with E-state index in [-0.39, 0.29) is 5.46 Å². The molecule has 1 fully saturated rings. The quantitative estimate of drug-likeness (QED) is 0.366. The van der Waals surface area contributed by atoms with Crippen LogP contribution >= 0.6 is 0 Å². The highest BCUT2D eigenvalue weighted by atomic mass is 32.2. The van der Waals surface area contributed by atoms with Gasteiger partial charge in [-0.25, -0.2) is 4.39 Å². The van der Waals surface area contributed by atoms with Crippen molar-refractivity contribution in [1.29, 1.82) is 0 Å². The molecule has 1 saturated heterocycles. The predicted molar refractivity (Wildman–Crippen MR) is 113 cm³/mol. The molecule has 2 atom stereocenters. The molecule has 0 aromatic heterocycles. The summed E-state index contributed by atoms with van der Waals surface area (Å²) in [7, 11) is -1.24. The first-order chi connectivity index (χ1) is 14.3. The molecular formula is C20H28BF4NO5S. The topological polar surface area (TPSA) is 90.9 Å². The van der Waals surface area contributed by atoms with Gasteiger partial charge in [0.2, 0.25) is 0 Å². The molecule has 1 aromatic rings. The predicted octanol–water partition coefficient (Wildman–Crippen LogP) is 3.71. The summed E-state index contributed by atoms with van der Waals surface area (Å²) in [6.07, 6.45) is -5.85. The van der Waals surface area contributed by atoms with Crippen LogP contribution in [0.15, 0.2) is 12.1 Å². The van der Waals surface area contributed by atoms with Crippen molar-refractivity contribution in [3.8, 4) is 0 Å². The summed E-state index contributed by atoms with van der Waals surface area (Å²) in [5.41, 5.74) is -4.01. The molecule has 2 N–H and O–H groups in total. The van der Waals surface area contributed by atoms with Crippen LogP contribution in [0.3, 0.4) is 0 Å². The third kappa shape index (κ3) is 5.77. The van der Waals surface area contributed by atoms with E-state index in [2.05, 4.69) is 4.72 Å². The van der Waals surface area contributed by atoms with Gasteiger partial charge in [0.25, 0.3) is 0 Å². The Morgan fingerprint density at radius 2 is 1.69 bits per heavy atom. The lowest BCUT2D eigenvalue weighted by Gasteiger charge is -2.32. The van der Waals surface area contributed by atoms with E-state index in [0.29, 0.717) is 6.07 Å². The summed E-state index contributed by atoms with van der Waals surface area (Å²) in [5, 5.41) is 9.27. The summed E-state index contributed by atoms with van der Waals surface area (Å²) < 4.78 is 81.8. The number of rotatable bonds is 6. The number of alkyl halides is 3. The molecule has 1 heterocycles. The Kier molecular flexibility index (Phi) is 7.39. The number of nitrogens with one attached hydrogen (secondary N) is 1. The smallest absolute Gasteiger partial charge is 0.494 e. The molecule has 0 saturated carbocycles. The number of benzene rings is 1. The van der Waals surface area contributed by atoms with Gasteiger partial charge in [-0.3, -0.25) is 4.79 Å². The van der Waals surface area contributed by atoms with E-state index in [0.717, 1.165) is 6.07 Å². The second-order valence-electron chi connectivity index (χ2n) is 9.71. The number of halogens is 4. The summed E-state index contributed by atoms with van der Waals surface area (Å²) in [4.78, 5) is 11.4. The molecule has 0 radical (unpaired) electrons. The maximum absolute atomic E-state index is 15.1. The normalized spacial score (nSPS) is 20.3. The minimum absolute atomic E-state index is 0.119. The average molecular weight is 481 g/mol. The van der Waals surface area contributed by atoms with Crippen molar-refractivity contribution in [1.82, 2.24) is 4.72 Å². The minimum Gasteiger partial charge on any atom is -0.598 e. The monoisotopic (exact) mass is 481 g/mol. The molecule has 180 valence electrons. The lowest BCUT2D eigenvalue weighted by Crippen LogP contribution is -2.43. The van der Waals surface area contributed by atoms with Crippen molar-refractivity contribution in [3.63, 3.8) is 0 Å². The number of carboxylic acids is 1. The van der Waals surface area contributed by atoms with E-state index in [9.17, 15) is 27.6 Å². The zero-order valence-corrected chi connectivity index (χ0v) is 19.8. The molecule has 12 heteroatoms. The van der Waals surface area contributed by atoms with Crippen LogP contribution in [-0.4, -0.2) is 38.7 Å². The number of carbonyl (C=O) groups is 1. The van der Waals surface area contributed by atoms with Gasteiger partial charge in [0.1, 0.15) is 10.6 Å². The van der Waals surface area contributed by atoms with Gasteiger partial charge in [0.05, 0.1) is 29.2 Å². The second-order valence-corrected chi connectivity index (χ2v) is 11.7. The third-order valence-electron chi connectivity index (χ3n) is 5.51. The Balaban J connectivity index is 2.64. The maximum Gasteiger partial charge on any atom is 0.494 e. The molecule has 2 rings (SSSR count). The fraction of sp³-hybridized carbons (Fsp3) is 0.650. The van der Waals surface area contributed by atoms with E-state index in [1.54, 1.807) is 48.5 Å². The van der Waals surface area contributed by atoms with Crippen LogP contribution in [0.2, 0.25) is 0 Å². The average Bonchev–Trinajstić information content (AvgIpc) is 2.79. The Bertz CT molecular complexity index is 857. The first-order valence-electron chi connectivity index (χ1n) is 9.92. The summed E-state index contributed by atoms with van der Waals surface area (Å²) in [6, 6.07) is 0.184. The van der Waals surface area contributed by atoms with Gasteiger partial charge >= 0.3 is 19.3 Å². The Hall–Kier alpha value is -1.34. The summed E-state index contributed by atoms with van der Waals surface area (Å²) in [5.74, 6) is -3.04. The number of hydrogen-bond donors (Lipinski definition) is 2. The zero-order valence-electron chi connectivity index (χ0n) is 19.0. The first-order valence-corrected chi connectivity index (χ1v) is 11.1. The molecule has 0 bridgehead atoms. The van der Waals surface area contributed by atoms with Crippen LogP contribution in [0.1, 0.15) is 72.1 Å². The largest absolute Gasteiger partial charge is 0.598 e. The molecule has 6 nitrogen and oxygen atoms in total. The lowest BCUT2D eigenvalue weighted by atomic mass is 9.76. The Morgan fingerprint density at radius 1 is 1.19 bits per heavy atom. The number of carboxylic acid groups (broad SMARTS) is 1. The number of aliphatic carboxylic acids is 1. The number of hydrogen-bond acceptors (Lipinski definition) is 5. The maximum atomic E-state index is 15.1. The van der Waals surface area contributed by atoms with Crippen molar-refractivity contribution in [2.75, 3.05) is 0 Å². The Labute approximate surface area is 188 Å². The first kappa shape index (κ1) is 26.9. The summed E-state index contributed by atoms with van der Waals surface area (Å²) >= 11 is -1.88. The third-order valence-corrected chi connectivity index (χ3v) is 7.12. The highest BCUT2D eigenvalue weighted by molar-refractivity contribution is 7.90. The van der Waals surface area contributed by atoms with Crippen LogP contribution in [0.25, 0.3) is 0 Å². The van der Waals surface area contributed by atoms with E-state index >= 15 is 4.39 Å². The molecule has 0 spiro atoms. The van der Waals surface area contributed by atoms with E-state index in [1.165, 1.54) is 0 Å². The van der Waals surface area contributed by atoms with Crippen molar-refractivity contribution in [3.05, 3.63) is 29.1 Å². The van der Waals surface area contributed by atoms with Gasteiger partial charge in [0, 0.05) is 16.9 Å². The minimum atomic E-state index is -5.06. The summed E-state index contributed by atoms with van der Waals surface area (Å²) in [6.45, 7) is 11.6. The fourth-order valence-corrected chi connectivity index (χ4v) is 3.76. The fourth-order valence-electron chi connectivity index (χ4n) is 2.94. The second kappa shape index (κ2) is 8.79. The lowest BCUT2D eigenvalue weighted by molar-refractivity contribution is -0.140. The molecule has 1 unspecified atom stereocenters. The highest BCUT2D eigenvalue weighted by Gasteiger charge is 2.52. The van der Waals surface area contributed by atoms with Gasteiger partial charge in [-0.1, -0.05) is 6.07 Å². The molecule has 1 aliphatic rings. The van der Waals surface area contributed by atoms with Crippen LogP contribution < -0.4 is 10.2 Å². The van der Waals surface area contributed by atoms with Crippen LogP contribution in [0.5, 0.6) is 0 Å². The van der Waals surface area contributed by atoms with Gasteiger partial charge in [-0.2, -0.15) is 13.2 Å². The standard InChI is InChI=1S/C20H28BF4NO5S/c1-17(2,3)32(29)26-14(10-15(27)28)12-8-11(9-13(16(12)22)20(23,24)25)21-30-18(4,5)19(6,7)31-21/h8-9,14,26H,10H2,1-7H3,(H,27,28)/t14?,32-/m1/s1. The molecule has 32 heavy (non-hydrogen) atoms. The van der Waals surface area contributed by atoms with E-state index in [1.807, 2.05) is 0 Å². The van der Waals surface area contributed by atoms with Crippen LogP contribution in [-0.2, 0) is 31.6 Å². The van der Waals surface area contributed by atoms with Crippen LogP contribution in [0.4, 0.5) is 17.6 Å². The van der Waals surface area contributed by atoms with Crippen LogP contribution in [0, 0.1) is 5.82 Å². The highest BCUT2D eigenvalue weighted by Crippen LogP contribution is 2.39. The van der Waals surface area contributed by atoms with Crippen molar-refractivity contribution in [2.24, 2.45) is 0 Å². The Morgan fingerprint density at radius 3 is 2.09 bits per heavy atom. The van der Waals surface area contributed by atoms with E-state index in [4.69, 9.17) is 9.31 Å². The van der Waals surface area contributed by atoms with Gasteiger partial charge < -0.3 is 19.0 Å². The van der Waals surface area contributed by atoms with Crippen molar-refractivity contribution < 1.29 is 41.3 Å². The van der Waals surface area contributed by atoms with Gasteiger partial charge in [-0.05, 0) is 60.0 Å². The van der Waals surface area contributed by atoms with Gasteiger partial charge in [-0.15, -0.1) is 4.72 Å². The SMILES string of the molecule is CC(C)(C)[S@@+]([O-])NC(CC(=O)O)c1cc(B2OC(C)(C)C(C)(C)O2)cc(C(F)(F)F)c1F. The molecule has 0 amide bonds. The zero-order chi connectivity index (χ0) is 24.9. The molecule has 1 aromatic carbocycles. The molecular weight excluding hydrogens is 453 g/mol. The van der Waals surface area contributed by atoms with Crippen molar-refractivity contribution in [2.45, 2.75) is 83.1 Å². The van der Waals surface area contributed by atoms with Gasteiger partial charge in [0.15, 0.2) is 0 Å². The molecule has 0 aliphatic carbocycles. The van der Waals surface area contributed by atoms with Crippen molar-refractivity contribution >= 4 is 29.9 Å². The molecule has 1 aliphatic heterocycles. The van der Waals surface area contributed by atoms with E-state index < -0.39 is 76.0 Å².